The Morgan fingerprint density at radius 3 is 2.69 bits per heavy atom. The molecule has 2 aliphatic heterocycles. The number of nitrogens with zero attached hydrogens (tertiary/aromatic N) is 1. The molecular formula is C18H23NO7. The van der Waals surface area contributed by atoms with Gasteiger partial charge in [0.05, 0.1) is 13.2 Å². The highest BCUT2D eigenvalue weighted by atomic mass is 16.7. The minimum absolute atomic E-state index is 0.0939. The van der Waals surface area contributed by atoms with Crippen molar-refractivity contribution < 1.29 is 33.3 Å². The molecule has 1 unspecified atom stereocenters. The van der Waals surface area contributed by atoms with E-state index in [0.717, 1.165) is 11.3 Å². The molecular weight excluding hydrogens is 342 g/mol. The Hall–Kier alpha value is -2.48. The summed E-state index contributed by atoms with van der Waals surface area (Å²) in [5, 5.41) is 0. The largest absolute Gasteiger partial charge is 0.454 e. The molecule has 2 heterocycles. The number of carbonyl (C=O) groups excluding carboxylic acids is 2. The van der Waals surface area contributed by atoms with E-state index in [1.165, 1.54) is 0 Å². The first-order valence-electron chi connectivity index (χ1n) is 8.64. The number of carbonyl (C=O) groups is 2. The van der Waals surface area contributed by atoms with Gasteiger partial charge in [0.2, 0.25) is 13.6 Å². The van der Waals surface area contributed by atoms with Crippen molar-refractivity contribution in [2.45, 2.75) is 26.3 Å². The van der Waals surface area contributed by atoms with E-state index in [2.05, 4.69) is 0 Å². The van der Waals surface area contributed by atoms with Crippen LogP contribution in [0.1, 0.15) is 19.4 Å². The zero-order chi connectivity index (χ0) is 18.5. The predicted octanol–water partition coefficient (Wildman–Crippen LogP) is 1.95. The molecule has 8 heteroatoms. The summed E-state index contributed by atoms with van der Waals surface area (Å²) in [5.74, 6) is 0.792. The van der Waals surface area contributed by atoms with E-state index >= 15 is 0 Å². The van der Waals surface area contributed by atoms with Crippen LogP contribution in [0.3, 0.4) is 0 Å². The van der Waals surface area contributed by atoms with E-state index in [0.29, 0.717) is 31.9 Å². The second-order valence-corrected chi connectivity index (χ2v) is 6.25. The van der Waals surface area contributed by atoms with E-state index in [1.807, 2.05) is 32.0 Å². The van der Waals surface area contributed by atoms with Crippen LogP contribution in [0.5, 0.6) is 11.5 Å². The molecule has 1 fully saturated rings. The molecule has 8 nitrogen and oxygen atoms in total. The third kappa shape index (κ3) is 4.19. The molecule has 2 aliphatic rings. The zero-order valence-corrected chi connectivity index (χ0v) is 14.9. The van der Waals surface area contributed by atoms with Crippen molar-refractivity contribution in [3.05, 3.63) is 23.8 Å². The third-order valence-electron chi connectivity index (χ3n) is 4.43. The van der Waals surface area contributed by atoms with Gasteiger partial charge in [0, 0.05) is 12.6 Å². The van der Waals surface area contributed by atoms with Crippen LogP contribution in [0.15, 0.2) is 18.2 Å². The Balaban J connectivity index is 1.48. The van der Waals surface area contributed by atoms with Gasteiger partial charge in [-0.2, -0.15) is 0 Å². The number of hydrogen-bond acceptors (Lipinski definition) is 7. The quantitative estimate of drug-likeness (QED) is 0.539. The van der Waals surface area contributed by atoms with Crippen LogP contribution < -0.4 is 9.47 Å². The molecule has 0 radical (unpaired) electrons. The van der Waals surface area contributed by atoms with Gasteiger partial charge in [-0.05, 0) is 38.0 Å². The molecule has 0 aromatic heterocycles. The fourth-order valence-corrected chi connectivity index (χ4v) is 2.85. The van der Waals surface area contributed by atoms with Crippen LogP contribution in [0.2, 0.25) is 0 Å². The number of likely N-dealkylation sites (N-methyl/N-ethyl adjacent to an activating group) is 1. The van der Waals surface area contributed by atoms with Crippen molar-refractivity contribution in [3.63, 3.8) is 0 Å². The van der Waals surface area contributed by atoms with Gasteiger partial charge in [0.1, 0.15) is 5.92 Å². The minimum atomic E-state index is -0.515. The van der Waals surface area contributed by atoms with Gasteiger partial charge in [-0.3, -0.25) is 4.79 Å². The summed E-state index contributed by atoms with van der Waals surface area (Å²) in [6.07, 6.45) is 0.122. The highest BCUT2D eigenvalue weighted by Gasteiger charge is 2.28. The zero-order valence-electron chi connectivity index (χ0n) is 14.9. The van der Waals surface area contributed by atoms with Gasteiger partial charge in [-0.25, -0.2) is 4.79 Å². The number of fused-ring (bicyclic) bond motifs is 1. The Labute approximate surface area is 151 Å². The second kappa shape index (κ2) is 8.27. The lowest BCUT2D eigenvalue weighted by Crippen LogP contribution is -2.41. The van der Waals surface area contributed by atoms with Crippen molar-refractivity contribution in [1.29, 1.82) is 0 Å². The number of esters is 1. The Bertz CT molecular complexity index is 659. The summed E-state index contributed by atoms with van der Waals surface area (Å²) < 4.78 is 25.6. The molecule has 3 rings (SSSR count). The van der Waals surface area contributed by atoms with Crippen LogP contribution in [-0.4, -0.2) is 56.3 Å². The van der Waals surface area contributed by atoms with Crippen LogP contribution in [0.25, 0.3) is 0 Å². The molecule has 142 valence electrons. The molecule has 0 spiro atoms. The maximum atomic E-state index is 12.3. The molecule has 0 N–H and O–H groups in total. The first kappa shape index (κ1) is 18.3. The minimum Gasteiger partial charge on any atom is -0.454 e. The summed E-state index contributed by atoms with van der Waals surface area (Å²) in [6, 6.07) is 5.64. The van der Waals surface area contributed by atoms with Crippen molar-refractivity contribution >= 4 is 12.1 Å². The van der Waals surface area contributed by atoms with E-state index in [4.69, 9.17) is 23.7 Å². The fourth-order valence-electron chi connectivity index (χ4n) is 2.85. The van der Waals surface area contributed by atoms with Crippen LogP contribution >= 0.6 is 0 Å². The average Bonchev–Trinajstić information content (AvgIpc) is 3.01. The smallest absolute Gasteiger partial charge is 0.412 e. The molecule has 1 atom stereocenters. The Kier molecular flexibility index (Phi) is 5.82. The van der Waals surface area contributed by atoms with Crippen molar-refractivity contribution in [2.75, 3.05) is 33.3 Å². The van der Waals surface area contributed by atoms with E-state index in [9.17, 15) is 9.59 Å². The van der Waals surface area contributed by atoms with Crippen LogP contribution in [0, 0.1) is 5.92 Å². The predicted molar refractivity (Wildman–Crippen MR) is 89.9 cm³/mol. The molecule has 1 aromatic carbocycles. The van der Waals surface area contributed by atoms with Gasteiger partial charge >= 0.3 is 12.1 Å². The molecule has 26 heavy (non-hydrogen) atoms. The normalized spacial score (nSPS) is 16.5. The maximum absolute atomic E-state index is 12.3. The van der Waals surface area contributed by atoms with Gasteiger partial charge in [0.25, 0.3) is 0 Å². The fraction of sp³-hybridized carbons (Fsp3) is 0.556. The highest BCUT2D eigenvalue weighted by Crippen LogP contribution is 2.33. The molecule has 1 aromatic rings. The van der Waals surface area contributed by atoms with E-state index in [-0.39, 0.29) is 25.5 Å². The number of amides is 1. The standard InChI is InChI=1S/C18H23NO7/c1-3-19(18(21)26-11-25-17(20)14-8-22-9-14)12(2)6-13-4-5-15-16(7-13)24-10-23-15/h4-5,7,12,14H,3,6,8-11H2,1-2H3. The Morgan fingerprint density at radius 2 is 2.00 bits per heavy atom. The Morgan fingerprint density at radius 1 is 1.23 bits per heavy atom. The first-order chi connectivity index (χ1) is 12.6. The third-order valence-corrected chi connectivity index (χ3v) is 4.43. The second-order valence-electron chi connectivity index (χ2n) is 6.25. The monoisotopic (exact) mass is 365 g/mol. The highest BCUT2D eigenvalue weighted by molar-refractivity contribution is 5.73. The number of ether oxygens (including phenoxy) is 5. The molecule has 1 amide bonds. The lowest BCUT2D eigenvalue weighted by molar-refractivity contribution is -0.171. The summed E-state index contributed by atoms with van der Waals surface area (Å²) >= 11 is 0. The van der Waals surface area contributed by atoms with E-state index in [1.54, 1.807) is 4.90 Å². The van der Waals surface area contributed by atoms with Gasteiger partial charge < -0.3 is 28.6 Å². The number of benzene rings is 1. The maximum Gasteiger partial charge on any atom is 0.412 e. The molecule has 0 bridgehead atoms. The van der Waals surface area contributed by atoms with Crippen LogP contribution in [-0.2, 0) is 25.4 Å². The van der Waals surface area contributed by atoms with Gasteiger partial charge in [-0.15, -0.1) is 0 Å². The first-order valence-corrected chi connectivity index (χ1v) is 8.64. The van der Waals surface area contributed by atoms with Crippen LogP contribution in [0.4, 0.5) is 4.79 Å². The lowest BCUT2D eigenvalue weighted by atomic mass is 10.1. The SMILES string of the molecule is CCN(C(=O)OCOC(=O)C1COC1)C(C)Cc1ccc2c(c1)OCO2. The summed E-state index contributed by atoms with van der Waals surface area (Å²) in [5.41, 5.74) is 1.03. The van der Waals surface area contributed by atoms with Crippen molar-refractivity contribution in [1.82, 2.24) is 4.90 Å². The summed E-state index contributed by atoms with van der Waals surface area (Å²) in [7, 11) is 0. The molecule has 1 saturated heterocycles. The summed E-state index contributed by atoms with van der Waals surface area (Å²) in [4.78, 5) is 25.4. The van der Waals surface area contributed by atoms with Gasteiger partial charge in [-0.1, -0.05) is 6.07 Å². The number of rotatable bonds is 7. The molecule has 0 saturated carbocycles. The van der Waals surface area contributed by atoms with E-state index < -0.39 is 12.1 Å². The number of hydrogen-bond donors (Lipinski definition) is 0. The lowest BCUT2D eigenvalue weighted by Gasteiger charge is -2.28. The average molecular weight is 365 g/mol. The van der Waals surface area contributed by atoms with Gasteiger partial charge in [0.15, 0.2) is 11.5 Å². The summed E-state index contributed by atoms with van der Waals surface area (Å²) in [6.45, 7) is 4.85. The molecule has 0 aliphatic carbocycles. The van der Waals surface area contributed by atoms with Crippen molar-refractivity contribution in [2.24, 2.45) is 5.92 Å². The van der Waals surface area contributed by atoms with Crippen molar-refractivity contribution in [3.8, 4) is 11.5 Å². The topological polar surface area (TPSA) is 83.5 Å².